The van der Waals surface area contributed by atoms with E-state index in [-0.39, 0.29) is 0 Å². The SMILES string of the molecule is CC.CN(C)CCC(C)(C)CCN(C)N. The number of hydrogen-bond acceptors (Lipinski definition) is 3. The normalized spacial score (nSPS) is 11.6. The molecule has 0 saturated heterocycles. The van der Waals surface area contributed by atoms with Crippen LogP contribution in [0.1, 0.15) is 40.5 Å². The Hall–Kier alpha value is -0.120. The van der Waals surface area contributed by atoms with Crippen LogP contribution in [0.15, 0.2) is 0 Å². The molecular weight excluding hydrogens is 186 g/mol. The van der Waals surface area contributed by atoms with Crippen LogP contribution in [-0.2, 0) is 0 Å². The summed E-state index contributed by atoms with van der Waals surface area (Å²) < 4.78 is 0. The van der Waals surface area contributed by atoms with Gasteiger partial charge in [-0.1, -0.05) is 27.7 Å². The third-order valence-electron chi connectivity index (χ3n) is 2.38. The third-order valence-corrected chi connectivity index (χ3v) is 2.38. The molecule has 0 unspecified atom stereocenters. The molecule has 0 heterocycles. The summed E-state index contributed by atoms with van der Waals surface area (Å²) in [7, 11) is 6.15. The van der Waals surface area contributed by atoms with E-state index in [0.29, 0.717) is 5.41 Å². The molecule has 0 atom stereocenters. The molecule has 0 aromatic heterocycles. The van der Waals surface area contributed by atoms with Crippen LogP contribution in [0, 0.1) is 5.41 Å². The van der Waals surface area contributed by atoms with E-state index >= 15 is 0 Å². The fraction of sp³-hybridized carbons (Fsp3) is 1.00. The minimum Gasteiger partial charge on any atom is -0.309 e. The van der Waals surface area contributed by atoms with Crippen molar-refractivity contribution < 1.29 is 0 Å². The van der Waals surface area contributed by atoms with Gasteiger partial charge in [-0.25, -0.2) is 0 Å². The third kappa shape index (κ3) is 13.9. The van der Waals surface area contributed by atoms with E-state index in [2.05, 4.69) is 32.8 Å². The number of hydrogen-bond donors (Lipinski definition) is 1. The van der Waals surface area contributed by atoms with Gasteiger partial charge in [0.1, 0.15) is 0 Å². The summed E-state index contributed by atoms with van der Waals surface area (Å²) in [6.45, 7) is 10.7. The molecule has 0 saturated carbocycles. The first-order chi connectivity index (χ1) is 6.83. The molecule has 0 aromatic rings. The van der Waals surface area contributed by atoms with Gasteiger partial charge in [0.15, 0.2) is 0 Å². The van der Waals surface area contributed by atoms with Gasteiger partial charge >= 0.3 is 0 Å². The summed E-state index contributed by atoms with van der Waals surface area (Å²) in [4.78, 5) is 2.23. The lowest BCUT2D eigenvalue weighted by molar-refractivity contribution is 0.217. The Morgan fingerprint density at radius 1 is 0.933 bits per heavy atom. The summed E-state index contributed by atoms with van der Waals surface area (Å²) in [5.74, 6) is 5.58. The van der Waals surface area contributed by atoms with Crippen molar-refractivity contribution in [3.05, 3.63) is 0 Å². The maximum Gasteiger partial charge on any atom is 0.0130 e. The van der Waals surface area contributed by atoms with E-state index in [1.165, 1.54) is 6.42 Å². The van der Waals surface area contributed by atoms with Gasteiger partial charge < -0.3 is 4.90 Å². The lowest BCUT2D eigenvalue weighted by atomic mass is 9.85. The Labute approximate surface area is 96.6 Å². The van der Waals surface area contributed by atoms with E-state index in [1.54, 1.807) is 5.01 Å². The molecule has 0 bridgehead atoms. The number of nitrogens with zero attached hydrogens (tertiary/aromatic N) is 2. The molecule has 0 spiro atoms. The van der Waals surface area contributed by atoms with E-state index in [0.717, 1.165) is 19.5 Å². The minimum absolute atomic E-state index is 0.401. The largest absolute Gasteiger partial charge is 0.309 e. The van der Waals surface area contributed by atoms with Gasteiger partial charge in [0.2, 0.25) is 0 Å². The topological polar surface area (TPSA) is 32.5 Å². The minimum atomic E-state index is 0.401. The Morgan fingerprint density at radius 2 is 1.33 bits per heavy atom. The van der Waals surface area contributed by atoms with Crippen LogP contribution < -0.4 is 5.84 Å². The van der Waals surface area contributed by atoms with E-state index in [4.69, 9.17) is 5.84 Å². The summed E-state index contributed by atoms with van der Waals surface area (Å²) >= 11 is 0. The van der Waals surface area contributed by atoms with Crippen LogP contribution in [0.4, 0.5) is 0 Å². The second-order valence-electron chi connectivity index (χ2n) is 4.95. The molecule has 15 heavy (non-hydrogen) atoms. The summed E-state index contributed by atoms with van der Waals surface area (Å²) in [5.41, 5.74) is 0.401. The highest BCUT2D eigenvalue weighted by Crippen LogP contribution is 2.24. The summed E-state index contributed by atoms with van der Waals surface area (Å²) in [5, 5.41) is 1.76. The maximum absolute atomic E-state index is 5.58. The fourth-order valence-electron chi connectivity index (χ4n) is 1.13. The Morgan fingerprint density at radius 3 is 1.67 bits per heavy atom. The van der Waals surface area contributed by atoms with Crippen LogP contribution in [-0.4, -0.2) is 44.1 Å². The summed E-state index contributed by atoms with van der Waals surface area (Å²) in [6.07, 6.45) is 2.39. The zero-order valence-electron chi connectivity index (χ0n) is 11.8. The molecule has 94 valence electrons. The Kier molecular flexibility index (Phi) is 10.5. The quantitative estimate of drug-likeness (QED) is 0.547. The average molecular weight is 217 g/mol. The van der Waals surface area contributed by atoms with Crippen LogP contribution in [0.25, 0.3) is 0 Å². The fourth-order valence-corrected chi connectivity index (χ4v) is 1.13. The molecule has 0 aliphatic heterocycles. The number of nitrogens with two attached hydrogens (primary N) is 1. The summed E-state index contributed by atoms with van der Waals surface area (Å²) in [6, 6.07) is 0. The standard InChI is InChI=1S/C10H25N3.C2H6/c1-10(2,6-8-12(3)4)7-9-13(5)11;1-2/h6-9,11H2,1-5H3;1-2H3. The van der Waals surface area contributed by atoms with Crippen molar-refractivity contribution in [1.29, 1.82) is 0 Å². The smallest absolute Gasteiger partial charge is 0.0130 e. The van der Waals surface area contributed by atoms with E-state index < -0.39 is 0 Å². The van der Waals surface area contributed by atoms with E-state index in [1.807, 2.05) is 20.9 Å². The monoisotopic (exact) mass is 217 g/mol. The van der Waals surface area contributed by atoms with Crippen molar-refractivity contribution in [2.45, 2.75) is 40.5 Å². The molecule has 0 amide bonds. The van der Waals surface area contributed by atoms with Crippen LogP contribution in [0.2, 0.25) is 0 Å². The van der Waals surface area contributed by atoms with Crippen LogP contribution in [0.5, 0.6) is 0 Å². The zero-order chi connectivity index (χ0) is 12.5. The second kappa shape index (κ2) is 9.13. The molecule has 0 rings (SSSR count). The van der Waals surface area contributed by atoms with Gasteiger partial charge in [0, 0.05) is 13.6 Å². The van der Waals surface area contributed by atoms with Gasteiger partial charge in [0.05, 0.1) is 0 Å². The number of hydrazine groups is 1. The predicted molar refractivity (Wildman–Crippen MR) is 69.7 cm³/mol. The highest BCUT2D eigenvalue weighted by atomic mass is 15.4. The molecule has 0 aliphatic rings. The molecule has 3 nitrogen and oxygen atoms in total. The highest BCUT2D eigenvalue weighted by Gasteiger charge is 2.17. The van der Waals surface area contributed by atoms with Crippen LogP contribution in [0.3, 0.4) is 0 Å². The van der Waals surface area contributed by atoms with Crippen molar-refractivity contribution >= 4 is 0 Å². The first kappa shape index (κ1) is 17.3. The van der Waals surface area contributed by atoms with Gasteiger partial charge in [-0.3, -0.25) is 10.9 Å². The predicted octanol–water partition coefficient (Wildman–Crippen LogP) is 2.19. The van der Waals surface area contributed by atoms with Gasteiger partial charge in [-0.15, -0.1) is 0 Å². The molecule has 0 radical (unpaired) electrons. The van der Waals surface area contributed by atoms with Crippen molar-refractivity contribution in [3.63, 3.8) is 0 Å². The zero-order valence-corrected chi connectivity index (χ0v) is 11.8. The van der Waals surface area contributed by atoms with Gasteiger partial charge in [-0.2, -0.15) is 0 Å². The first-order valence-electron chi connectivity index (χ1n) is 5.94. The molecule has 0 aliphatic carbocycles. The number of rotatable bonds is 6. The molecular formula is C12H31N3. The Balaban J connectivity index is 0. The van der Waals surface area contributed by atoms with Gasteiger partial charge in [0.25, 0.3) is 0 Å². The van der Waals surface area contributed by atoms with Crippen LogP contribution >= 0.6 is 0 Å². The molecule has 0 fully saturated rings. The molecule has 2 N–H and O–H groups in total. The lowest BCUT2D eigenvalue weighted by Gasteiger charge is -2.27. The Bertz CT molecular complexity index is 117. The highest BCUT2D eigenvalue weighted by molar-refractivity contribution is 4.70. The lowest BCUT2D eigenvalue weighted by Crippen LogP contribution is -2.31. The average Bonchev–Trinajstić information content (AvgIpc) is 2.16. The molecule has 3 heteroatoms. The van der Waals surface area contributed by atoms with Crippen molar-refractivity contribution in [1.82, 2.24) is 9.91 Å². The first-order valence-corrected chi connectivity index (χ1v) is 5.94. The maximum atomic E-state index is 5.58. The molecule has 0 aromatic carbocycles. The van der Waals surface area contributed by atoms with Crippen molar-refractivity contribution in [2.24, 2.45) is 11.3 Å². The second-order valence-corrected chi connectivity index (χ2v) is 4.95. The van der Waals surface area contributed by atoms with Gasteiger partial charge in [-0.05, 0) is 38.9 Å². The van der Waals surface area contributed by atoms with Crippen molar-refractivity contribution in [2.75, 3.05) is 34.2 Å². The van der Waals surface area contributed by atoms with E-state index in [9.17, 15) is 0 Å². The van der Waals surface area contributed by atoms with Crippen molar-refractivity contribution in [3.8, 4) is 0 Å².